The minimum atomic E-state index is -0.298. The van der Waals surface area contributed by atoms with Crippen molar-refractivity contribution in [3.63, 3.8) is 0 Å². The summed E-state index contributed by atoms with van der Waals surface area (Å²) in [4.78, 5) is 12.0. The van der Waals surface area contributed by atoms with E-state index in [1.54, 1.807) is 12.1 Å². The van der Waals surface area contributed by atoms with Crippen molar-refractivity contribution in [3.05, 3.63) is 82.9 Å². The smallest absolute Gasteiger partial charge is 0.312 e. The van der Waals surface area contributed by atoms with Gasteiger partial charge in [0.2, 0.25) is 0 Å². The van der Waals surface area contributed by atoms with Crippen LogP contribution in [0.25, 0.3) is 0 Å². The fraction of sp³-hybridized carbons (Fsp3) is 0.174. The van der Waals surface area contributed by atoms with Crippen molar-refractivity contribution in [1.29, 1.82) is 0 Å². The summed E-state index contributed by atoms with van der Waals surface area (Å²) >= 11 is 0. The highest BCUT2D eigenvalue weighted by Crippen LogP contribution is 2.40. The Morgan fingerprint density at radius 2 is 1.67 bits per heavy atom. The molecule has 1 atom stereocenters. The predicted octanol–water partition coefficient (Wildman–Crippen LogP) is 5.24. The molecule has 4 nitrogen and oxygen atoms in total. The Morgan fingerprint density at radius 1 is 0.926 bits per heavy atom. The first-order valence-electron chi connectivity index (χ1n) is 8.88. The van der Waals surface area contributed by atoms with Crippen molar-refractivity contribution < 1.29 is 19.4 Å². The second-order valence-corrected chi connectivity index (χ2v) is 6.87. The molecular formula is C23H20O4. The minimum absolute atomic E-state index is 0.0827. The Labute approximate surface area is 158 Å². The van der Waals surface area contributed by atoms with Gasteiger partial charge in [0.15, 0.2) is 0 Å². The molecule has 0 radical (unpaired) electrons. The van der Waals surface area contributed by atoms with Crippen molar-refractivity contribution in [2.75, 3.05) is 0 Å². The molecule has 27 heavy (non-hydrogen) atoms. The summed E-state index contributed by atoms with van der Waals surface area (Å²) < 4.78 is 11.2. The third-order valence-electron chi connectivity index (χ3n) is 4.96. The summed E-state index contributed by atoms with van der Waals surface area (Å²) in [6.07, 6.45) is 0.273. The summed E-state index contributed by atoms with van der Waals surface area (Å²) in [7, 11) is 0. The van der Waals surface area contributed by atoms with Crippen molar-refractivity contribution in [2.24, 2.45) is 0 Å². The number of benzene rings is 3. The second-order valence-electron chi connectivity index (χ2n) is 6.87. The first-order valence-corrected chi connectivity index (χ1v) is 8.88. The Balaban J connectivity index is 1.59. The van der Waals surface area contributed by atoms with Crippen LogP contribution < -0.4 is 9.47 Å². The van der Waals surface area contributed by atoms with E-state index in [0.29, 0.717) is 5.75 Å². The van der Waals surface area contributed by atoms with Gasteiger partial charge in [0.05, 0.1) is 6.42 Å². The molecule has 3 aromatic carbocycles. The number of phenols is 1. The van der Waals surface area contributed by atoms with Gasteiger partial charge >= 0.3 is 5.97 Å². The van der Waals surface area contributed by atoms with Gasteiger partial charge in [-0.25, -0.2) is 0 Å². The van der Waals surface area contributed by atoms with Crippen molar-refractivity contribution >= 4 is 5.97 Å². The molecule has 1 heterocycles. The number of carbonyl (C=O) groups is 1. The first-order chi connectivity index (χ1) is 13.0. The molecular weight excluding hydrogens is 340 g/mol. The fourth-order valence-corrected chi connectivity index (χ4v) is 3.32. The topological polar surface area (TPSA) is 55.8 Å². The van der Waals surface area contributed by atoms with E-state index in [1.165, 1.54) is 17.2 Å². The second kappa shape index (κ2) is 6.80. The average Bonchev–Trinajstić information content (AvgIpc) is 2.64. The van der Waals surface area contributed by atoms with Crippen LogP contribution in [0.4, 0.5) is 0 Å². The van der Waals surface area contributed by atoms with Gasteiger partial charge < -0.3 is 14.6 Å². The standard InChI is InChI=1S/C23H20O4/c1-14-3-7-19(11-15(14)2)26-18-8-4-16(5-9-18)21-13-23(25)27-22-12-17(24)6-10-20(21)22/h3-12,21,24H,13H2,1-2H3. The number of aryl methyl sites for hydroxylation is 2. The zero-order chi connectivity index (χ0) is 19.0. The van der Waals surface area contributed by atoms with E-state index in [-0.39, 0.29) is 24.1 Å². The molecule has 0 bridgehead atoms. The number of esters is 1. The van der Waals surface area contributed by atoms with Gasteiger partial charge in [-0.2, -0.15) is 0 Å². The molecule has 0 fully saturated rings. The monoisotopic (exact) mass is 360 g/mol. The lowest BCUT2D eigenvalue weighted by molar-refractivity contribution is -0.135. The molecule has 0 saturated heterocycles. The van der Waals surface area contributed by atoms with Gasteiger partial charge in [-0.05, 0) is 60.9 Å². The van der Waals surface area contributed by atoms with Crippen LogP contribution in [-0.2, 0) is 4.79 Å². The number of phenolic OH excluding ortho intramolecular Hbond substituents is 1. The Bertz CT molecular complexity index is 1010. The number of aromatic hydroxyl groups is 1. The molecule has 4 rings (SSSR count). The van der Waals surface area contributed by atoms with Crippen molar-refractivity contribution in [3.8, 4) is 23.0 Å². The van der Waals surface area contributed by atoms with Gasteiger partial charge in [0.25, 0.3) is 0 Å². The van der Waals surface area contributed by atoms with Crippen LogP contribution in [0.3, 0.4) is 0 Å². The van der Waals surface area contributed by atoms with Crippen LogP contribution >= 0.6 is 0 Å². The van der Waals surface area contributed by atoms with Gasteiger partial charge in [0, 0.05) is 17.5 Å². The van der Waals surface area contributed by atoms with Crippen LogP contribution in [0.1, 0.15) is 34.6 Å². The van der Waals surface area contributed by atoms with Crippen LogP contribution in [0, 0.1) is 13.8 Å². The first kappa shape index (κ1) is 17.2. The van der Waals surface area contributed by atoms with E-state index in [2.05, 4.69) is 13.8 Å². The van der Waals surface area contributed by atoms with Crippen molar-refractivity contribution in [1.82, 2.24) is 0 Å². The van der Waals surface area contributed by atoms with Crippen molar-refractivity contribution in [2.45, 2.75) is 26.2 Å². The Kier molecular flexibility index (Phi) is 4.32. The van der Waals surface area contributed by atoms with E-state index < -0.39 is 0 Å². The summed E-state index contributed by atoms with van der Waals surface area (Å²) in [5.74, 6) is 1.65. The number of carbonyl (C=O) groups excluding carboxylic acids is 1. The maximum atomic E-state index is 12.0. The van der Waals surface area contributed by atoms with Crippen LogP contribution in [0.2, 0.25) is 0 Å². The van der Waals surface area contributed by atoms with Gasteiger partial charge in [-0.15, -0.1) is 0 Å². The number of hydrogen-bond acceptors (Lipinski definition) is 4. The van der Waals surface area contributed by atoms with Crippen LogP contribution in [-0.4, -0.2) is 11.1 Å². The quantitative estimate of drug-likeness (QED) is 0.512. The minimum Gasteiger partial charge on any atom is -0.508 e. The molecule has 0 aliphatic carbocycles. The molecule has 4 heteroatoms. The third kappa shape index (κ3) is 3.51. The lowest BCUT2D eigenvalue weighted by Crippen LogP contribution is -2.20. The summed E-state index contributed by atoms with van der Waals surface area (Å²) in [5, 5.41) is 9.64. The SMILES string of the molecule is Cc1ccc(Oc2ccc(C3CC(=O)Oc4cc(O)ccc43)cc2)cc1C. The van der Waals surface area contributed by atoms with Gasteiger partial charge in [-0.3, -0.25) is 4.79 Å². The molecule has 136 valence electrons. The van der Waals surface area contributed by atoms with Crippen LogP contribution in [0.15, 0.2) is 60.7 Å². The zero-order valence-electron chi connectivity index (χ0n) is 15.2. The molecule has 0 spiro atoms. The molecule has 1 aliphatic heterocycles. The van der Waals surface area contributed by atoms with E-state index >= 15 is 0 Å². The molecule has 0 amide bonds. The normalized spacial score (nSPS) is 15.8. The van der Waals surface area contributed by atoms with E-state index in [1.807, 2.05) is 42.5 Å². The maximum absolute atomic E-state index is 12.0. The number of hydrogen-bond donors (Lipinski definition) is 1. The third-order valence-corrected chi connectivity index (χ3v) is 4.96. The number of rotatable bonds is 3. The highest BCUT2D eigenvalue weighted by molar-refractivity contribution is 5.78. The van der Waals surface area contributed by atoms with E-state index in [9.17, 15) is 9.90 Å². The Hall–Kier alpha value is -3.27. The Morgan fingerprint density at radius 3 is 2.41 bits per heavy atom. The molecule has 3 aromatic rings. The molecule has 0 aromatic heterocycles. The summed E-state index contributed by atoms with van der Waals surface area (Å²) in [5.41, 5.74) is 4.32. The van der Waals surface area contributed by atoms with Gasteiger partial charge in [-0.1, -0.05) is 24.3 Å². The highest BCUT2D eigenvalue weighted by atomic mass is 16.5. The van der Waals surface area contributed by atoms with E-state index in [0.717, 1.165) is 22.6 Å². The zero-order valence-corrected chi connectivity index (χ0v) is 15.2. The van der Waals surface area contributed by atoms with Gasteiger partial charge in [0.1, 0.15) is 23.0 Å². The summed E-state index contributed by atoms with van der Waals surface area (Å²) in [6, 6.07) is 18.7. The molecule has 1 unspecified atom stereocenters. The fourth-order valence-electron chi connectivity index (χ4n) is 3.32. The number of ether oxygens (including phenoxy) is 2. The largest absolute Gasteiger partial charge is 0.508 e. The van der Waals surface area contributed by atoms with E-state index in [4.69, 9.17) is 9.47 Å². The molecule has 0 saturated carbocycles. The molecule has 1 N–H and O–H groups in total. The lowest BCUT2D eigenvalue weighted by atomic mass is 9.86. The average molecular weight is 360 g/mol. The molecule has 1 aliphatic rings. The van der Waals surface area contributed by atoms with Crippen LogP contribution in [0.5, 0.6) is 23.0 Å². The highest BCUT2D eigenvalue weighted by Gasteiger charge is 2.28. The summed E-state index contributed by atoms with van der Waals surface area (Å²) in [6.45, 7) is 4.13. The predicted molar refractivity (Wildman–Crippen MR) is 103 cm³/mol. The lowest BCUT2D eigenvalue weighted by Gasteiger charge is -2.25. The number of fused-ring (bicyclic) bond motifs is 1. The maximum Gasteiger partial charge on any atom is 0.312 e.